The maximum Gasteiger partial charge on any atom is 0.170 e. The molecule has 36 heavy (non-hydrogen) atoms. The number of hydrogen-bond acceptors (Lipinski definition) is 9. The van der Waals surface area contributed by atoms with E-state index in [1.807, 2.05) is 11.8 Å². The summed E-state index contributed by atoms with van der Waals surface area (Å²) in [6.45, 7) is 10.2. The number of thiophene rings is 1. The van der Waals surface area contributed by atoms with Gasteiger partial charge in [0, 0.05) is 40.6 Å². The summed E-state index contributed by atoms with van der Waals surface area (Å²) < 4.78 is 6.85. The predicted molar refractivity (Wildman–Crippen MR) is 150 cm³/mol. The predicted octanol–water partition coefficient (Wildman–Crippen LogP) is 5.47. The van der Waals surface area contributed by atoms with Gasteiger partial charge in [-0.25, -0.2) is 4.98 Å². The molecule has 0 amide bonds. The van der Waals surface area contributed by atoms with Gasteiger partial charge in [-0.05, 0) is 42.5 Å². The van der Waals surface area contributed by atoms with Gasteiger partial charge in [0.2, 0.25) is 0 Å². The summed E-state index contributed by atoms with van der Waals surface area (Å²) in [7, 11) is 0. The zero-order valence-corrected chi connectivity index (χ0v) is 22.7. The highest BCUT2D eigenvalue weighted by atomic mass is 32.2. The van der Waals surface area contributed by atoms with Crippen molar-refractivity contribution >= 4 is 55.2 Å². The zero-order chi connectivity index (χ0) is 24.7. The molecule has 1 atom stereocenters. The average Bonchev–Trinajstić information content (AvgIpc) is 3.27. The van der Waals surface area contributed by atoms with Crippen molar-refractivity contribution in [2.45, 2.75) is 56.6 Å². The van der Waals surface area contributed by atoms with Gasteiger partial charge in [-0.3, -0.25) is 0 Å². The molecule has 2 aliphatic heterocycles. The van der Waals surface area contributed by atoms with Crippen LogP contribution in [-0.2, 0) is 23.3 Å². The second kappa shape index (κ2) is 9.76. The lowest BCUT2D eigenvalue weighted by Crippen LogP contribution is -2.38. The number of hydrogen-bond donors (Lipinski definition) is 1. The first-order chi connectivity index (χ1) is 17.5. The van der Waals surface area contributed by atoms with Crippen LogP contribution in [0.2, 0.25) is 0 Å². The Hall–Kier alpha value is -2.49. The van der Waals surface area contributed by atoms with E-state index in [-0.39, 0.29) is 10.8 Å². The standard InChI is InChI=1S/C27H32N6OS2/c1-17(9-10-18-7-5-4-6-8-18)28-24-23-22(30-32-31-24)21-19-15-27(2,3)35-16-20(19)25(29-26(21)36-23)33-11-13-34-14-12-33/h4-8,17H,9-16H2,1-3H3,(H,28,30,31)/t17-/m0/s1. The van der Waals surface area contributed by atoms with E-state index >= 15 is 0 Å². The molecule has 0 aliphatic carbocycles. The number of rotatable bonds is 6. The molecule has 6 rings (SSSR count). The summed E-state index contributed by atoms with van der Waals surface area (Å²) >= 11 is 3.71. The number of nitrogens with zero attached hydrogens (tertiary/aromatic N) is 5. The molecule has 3 aromatic heterocycles. The van der Waals surface area contributed by atoms with Gasteiger partial charge in [0.05, 0.1) is 13.2 Å². The Labute approximate surface area is 220 Å². The smallest absolute Gasteiger partial charge is 0.170 e. The van der Waals surface area contributed by atoms with Gasteiger partial charge in [-0.1, -0.05) is 44.2 Å². The van der Waals surface area contributed by atoms with Crippen molar-refractivity contribution in [3.8, 4) is 0 Å². The summed E-state index contributed by atoms with van der Waals surface area (Å²) in [5.41, 5.74) is 5.03. The summed E-state index contributed by atoms with van der Waals surface area (Å²) in [6, 6.07) is 10.9. The summed E-state index contributed by atoms with van der Waals surface area (Å²) in [5, 5.41) is 18.0. The first kappa shape index (κ1) is 23.9. The minimum absolute atomic E-state index is 0.172. The molecule has 1 N–H and O–H groups in total. The van der Waals surface area contributed by atoms with Crippen molar-refractivity contribution < 1.29 is 4.74 Å². The fraction of sp³-hybridized carbons (Fsp3) is 0.481. The lowest BCUT2D eigenvalue weighted by molar-refractivity contribution is 0.122. The largest absolute Gasteiger partial charge is 0.378 e. The van der Waals surface area contributed by atoms with Crippen LogP contribution < -0.4 is 10.2 Å². The maximum atomic E-state index is 5.63. The van der Waals surface area contributed by atoms with Gasteiger partial charge in [0.15, 0.2) is 5.82 Å². The minimum Gasteiger partial charge on any atom is -0.378 e. The average molecular weight is 521 g/mol. The van der Waals surface area contributed by atoms with E-state index in [4.69, 9.17) is 9.72 Å². The Bertz CT molecular complexity index is 1380. The quantitative estimate of drug-likeness (QED) is 0.359. The summed E-state index contributed by atoms with van der Waals surface area (Å²) in [4.78, 5) is 8.69. The number of thioether (sulfide) groups is 1. The highest BCUT2D eigenvalue weighted by molar-refractivity contribution is 7.99. The molecule has 2 aliphatic rings. The molecule has 0 radical (unpaired) electrons. The van der Waals surface area contributed by atoms with Gasteiger partial charge in [0.1, 0.15) is 20.9 Å². The van der Waals surface area contributed by atoms with Crippen molar-refractivity contribution in [3.05, 3.63) is 47.0 Å². The normalized spacial score (nSPS) is 18.4. The van der Waals surface area contributed by atoms with E-state index < -0.39 is 0 Å². The van der Waals surface area contributed by atoms with Gasteiger partial charge < -0.3 is 15.0 Å². The van der Waals surface area contributed by atoms with Crippen molar-refractivity contribution in [1.29, 1.82) is 0 Å². The molecule has 188 valence electrons. The number of aromatic nitrogens is 4. The fourth-order valence-electron chi connectivity index (χ4n) is 5.18. The van der Waals surface area contributed by atoms with Crippen LogP contribution in [0.1, 0.15) is 43.9 Å². The van der Waals surface area contributed by atoms with Crippen LogP contribution in [0, 0.1) is 0 Å². The molecule has 0 unspecified atom stereocenters. The van der Waals surface area contributed by atoms with E-state index in [0.29, 0.717) is 0 Å². The van der Waals surface area contributed by atoms with Gasteiger partial charge in [-0.15, -0.1) is 21.5 Å². The van der Waals surface area contributed by atoms with Crippen molar-refractivity contribution in [2.24, 2.45) is 0 Å². The van der Waals surface area contributed by atoms with Crippen LogP contribution in [0.3, 0.4) is 0 Å². The number of aryl methyl sites for hydroxylation is 1. The Kier molecular flexibility index (Phi) is 6.47. The number of nitrogens with one attached hydrogen (secondary N) is 1. The van der Waals surface area contributed by atoms with Crippen LogP contribution in [0.4, 0.5) is 11.6 Å². The first-order valence-corrected chi connectivity index (χ1v) is 14.5. The lowest BCUT2D eigenvalue weighted by atomic mass is 9.94. The van der Waals surface area contributed by atoms with Crippen LogP contribution >= 0.6 is 23.1 Å². The molecule has 1 fully saturated rings. The number of morpholine rings is 1. The molecule has 1 aromatic carbocycles. The molecule has 9 heteroatoms. The molecule has 4 aromatic rings. The van der Waals surface area contributed by atoms with Gasteiger partial charge >= 0.3 is 0 Å². The molecule has 0 spiro atoms. The van der Waals surface area contributed by atoms with Gasteiger partial charge in [-0.2, -0.15) is 11.8 Å². The third kappa shape index (κ3) is 4.64. The monoisotopic (exact) mass is 520 g/mol. The molecule has 1 saturated heterocycles. The van der Waals surface area contributed by atoms with E-state index in [0.717, 1.165) is 78.0 Å². The first-order valence-electron chi connectivity index (χ1n) is 12.7. The van der Waals surface area contributed by atoms with Crippen molar-refractivity contribution in [2.75, 3.05) is 36.5 Å². The van der Waals surface area contributed by atoms with Crippen LogP contribution in [0.15, 0.2) is 30.3 Å². The Morgan fingerprint density at radius 2 is 1.92 bits per heavy atom. The van der Waals surface area contributed by atoms with Crippen LogP contribution in [0.5, 0.6) is 0 Å². The van der Waals surface area contributed by atoms with E-state index in [1.54, 1.807) is 11.3 Å². The van der Waals surface area contributed by atoms with Gasteiger partial charge in [0.25, 0.3) is 0 Å². The number of ether oxygens (including phenoxy) is 1. The fourth-order valence-corrected chi connectivity index (χ4v) is 7.35. The lowest BCUT2D eigenvalue weighted by Gasteiger charge is -2.35. The van der Waals surface area contributed by atoms with Crippen molar-refractivity contribution in [3.63, 3.8) is 0 Å². The van der Waals surface area contributed by atoms with Crippen LogP contribution in [-0.4, -0.2) is 57.5 Å². The Balaban J connectivity index is 1.39. The van der Waals surface area contributed by atoms with E-state index in [1.165, 1.54) is 22.1 Å². The summed E-state index contributed by atoms with van der Waals surface area (Å²) in [6.07, 6.45) is 3.03. The minimum atomic E-state index is 0.172. The number of benzene rings is 1. The highest BCUT2D eigenvalue weighted by Crippen LogP contribution is 2.47. The summed E-state index contributed by atoms with van der Waals surface area (Å²) in [5.74, 6) is 2.91. The molecule has 0 saturated carbocycles. The molecule has 0 bridgehead atoms. The molecular weight excluding hydrogens is 488 g/mol. The SMILES string of the molecule is C[C@@H](CCc1ccccc1)Nc1nnnc2c1sc1nc(N3CCOCC3)c3c(c12)CC(C)(C)SC3. The number of pyridine rings is 1. The second-order valence-electron chi connectivity index (χ2n) is 10.4. The topological polar surface area (TPSA) is 76.1 Å². The van der Waals surface area contributed by atoms with Crippen LogP contribution in [0.25, 0.3) is 20.4 Å². The maximum absolute atomic E-state index is 5.63. The van der Waals surface area contributed by atoms with E-state index in [9.17, 15) is 0 Å². The Morgan fingerprint density at radius 1 is 1.11 bits per heavy atom. The van der Waals surface area contributed by atoms with Crippen molar-refractivity contribution in [1.82, 2.24) is 20.4 Å². The number of anilines is 2. The highest BCUT2D eigenvalue weighted by Gasteiger charge is 2.33. The molecule has 7 nitrogen and oxygen atoms in total. The third-order valence-corrected chi connectivity index (χ3v) is 9.56. The molecular formula is C27H32N6OS2. The second-order valence-corrected chi connectivity index (χ2v) is 13.1. The Morgan fingerprint density at radius 3 is 2.72 bits per heavy atom. The third-order valence-electron chi connectivity index (χ3n) is 7.12. The van der Waals surface area contributed by atoms with E-state index in [2.05, 4.69) is 76.7 Å². The molecule has 5 heterocycles. The zero-order valence-electron chi connectivity index (χ0n) is 21.1. The number of fused-ring (bicyclic) bond motifs is 5.